The van der Waals surface area contributed by atoms with Crippen molar-refractivity contribution in [2.45, 2.75) is 0 Å². The Kier molecular flexibility index (Phi) is 2.22. The molecule has 0 spiro atoms. The van der Waals surface area contributed by atoms with E-state index < -0.39 is 0 Å². The van der Waals surface area contributed by atoms with Crippen LogP contribution in [0.4, 0.5) is 5.69 Å². The summed E-state index contributed by atoms with van der Waals surface area (Å²) in [5.74, 6) is 0. The maximum absolute atomic E-state index is 12.1. The molecule has 1 aromatic rings. The molecule has 0 amide bonds. The number of nitrogens with zero attached hydrogens (tertiary/aromatic N) is 2. The number of quaternary nitrogens is 1. The first kappa shape index (κ1) is 9.16. The number of benzene rings is 1. The predicted octanol–water partition coefficient (Wildman–Crippen LogP) is 0.924. The molecule has 14 heavy (non-hydrogen) atoms. The number of hydrogen-bond donors (Lipinski definition) is 1. The van der Waals surface area contributed by atoms with Crippen molar-refractivity contribution in [2.75, 3.05) is 19.8 Å². The van der Waals surface area contributed by atoms with E-state index in [0.29, 0.717) is 24.5 Å². The van der Waals surface area contributed by atoms with E-state index >= 15 is 0 Å². The van der Waals surface area contributed by atoms with Gasteiger partial charge in [-0.2, -0.15) is 5.26 Å². The highest BCUT2D eigenvalue weighted by Crippen LogP contribution is 2.23. The Balaban J connectivity index is 2.29. The van der Waals surface area contributed by atoms with Crippen LogP contribution in [0.1, 0.15) is 5.56 Å². The smallest absolute Gasteiger partial charge is 0.137 e. The van der Waals surface area contributed by atoms with Crippen LogP contribution in [-0.4, -0.2) is 19.8 Å². The van der Waals surface area contributed by atoms with Crippen molar-refractivity contribution in [2.24, 2.45) is 0 Å². The molecule has 0 radical (unpaired) electrons. The summed E-state index contributed by atoms with van der Waals surface area (Å²) in [5.41, 5.74) is 1.31. The quantitative estimate of drug-likeness (QED) is 0.528. The lowest BCUT2D eigenvalue weighted by Crippen LogP contribution is -2.41. The van der Waals surface area contributed by atoms with E-state index in [2.05, 4.69) is 5.32 Å². The Bertz CT molecular complexity index is 360. The fourth-order valence-corrected chi connectivity index (χ4v) is 1.63. The van der Waals surface area contributed by atoms with Gasteiger partial charge in [-0.3, -0.25) is 5.32 Å². The van der Waals surface area contributed by atoms with Crippen LogP contribution in [0.25, 0.3) is 0 Å². The van der Waals surface area contributed by atoms with Gasteiger partial charge in [0.05, 0.1) is 24.7 Å². The van der Waals surface area contributed by atoms with Crippen LogP contribution >= 0.6 is 0 Å². The van der Waals surface area contributed by atoms with Crippen LogP contribution in [-0.2, 0) is 0 Å². The molecular weight excluding hydrogens is 178 g/mol. The third kappa shape index (κ3) is 1.49. The topological polar surface area (TPSA) is 58.9 Å². The second-order valence-corrected chi connectivity index (χ2v) is 3.43. The van der Waals surface area contributed by atoms with E-state index in [9.17, 15) is 5.21 Å². The first-order valence-corrected chi connectivity index (χ1v) is 4.54. The molecule has 1 unspecified atom stereocenters. The van der Waals surface area contributed by atoms with Crippen LogP contribution in [0, 0.1) is 16.5 Å². The fourth-order valence-electron chi connectivity index (χ4n) is 1.63. The molecule has 2 rings (SSSR count). The van der Waals surface area contributed by atoms with Gasteiger partial charge < -0.3 is 9.85 Å². The Morgan fingerprint density at radius 3 is 2.57 bits per heavy atom. The summed E-state index contributed by atoms with van der Waals surface area (Å²) in [5, 5.41) is 23.7. The van der Waals surface area contributed by atoms with E-state index in [1.54, 1.807) is 24.3 Å². The molecule has 1 saturated heterocycles. The third-order valence-corrected chi connectivity index (χ3v) is 2.48. The number of nitrogens with one attached hydrogen (secondary N) is 1. The molecule has 72 valence electrons. The summed E-state index contributed by atoms with van der Waals surface area (Å²) in [4.78, 5) is 0. The molecule has 1 atom stereocenters. The van der Waals surface area contributed by atoms with Gasteiger partial charge >= 0.3 is 0 Å². The molecular formula is C10H11N3O. The second kappa shape index (κ2) is 3.39. The Labute approximate surface area is 82.5 Å². The SMILES string of the molecule is N#Cc1ccc([N+]2([O-])CCNC2)cc1. The first-order chi connectivity index (χ1) is 6.74. The van der Waals surface area contributed by atoms with Gasteiger partial charge in [0.25, 0.3) is 0 Å². The minimum atomic E-state index is -0.328. The highest BCUT2D eigenvalue weighted by molar-refractivity contribution is 5.47. The predicted molar refractivity (Wildman–Crippen MR) is 54.1 cm³/mol. The minimum Gasteiger partial charge on any atom is -0.626 e. The van der Waals surface area contributed by atoms with Crippen LogP contribution in [0.3, 0.4) is 0 Å². The summed E-state index contributed by atoms with van der Waals surface area (Å²) in [6.45, 7) is 1.74. The molecule has 4 heteroatoms. The van der Waals surface area contributed by atoms with Crippen molar-refractivity contribution in [1.82, 2.24) is 9.96 Å². The lowest BCUT2D eigenvalue weighted by molar-refractivity contribution is 0.449. The van der Waals surface area contributed by atoms with Crippen molar-refractivity contribution in [3.63, 3.8) is 0 Å². The Morgan fingerprint density at radius 2 is 2.07 bits per heavy atom. The van der Waals surface area contributed by atoms with Gasteiger partial charge in [-0.05, 0) is 12.1 Å². The lowest BCUT2D eigenvalue weighted by Gasteiger charge is -2.36. The number of hydroxylamine groups is 2. The van der Waals surface area contributed by atoms with Gasteiger partial charge in [0.1, 0.15) is 12.4 Å². The van der Waals surface area contributed by atoms with Gasteiger partial charge in [0.15, 0.2) is 0 Å². The number of rotatable bonds is 1. The van der Waals surface area contributed by atoms with Gasteiger partial charge in [-0.1, -0.05) is 0 Å². The van der Waals surface area contributed by atoms with Gasteiger partial charge in [0, 0.05) is 12.1 Å². The summed E-state index contributed by atoms with van der Waals surface area (Å²) in [7, 11) is 0. The summed E-state index contributed by atoms with van der Waals surface area (Å²) < 4.78 is -0.328. The van der Waals surface area contributed by atoms with Crippen molar-refractivity contribution >= 4 is 5.69 Å². The first-order valence-electron chi connectivity index (χ1n) is 4.54. The maximum Gasteiger partial charge on any atom is 0.137 e. The van der Waals surface area contributed by atoms with Gasteiger partial charge in [0.2, 0.25) is 0 Å². The monoisotopic (exact) mass is 189 g/mol. The van der Waals surface area contributed by atoms with E-state index in [1.807, 2.05) is 6.07 Å². The van der Waals surface area contributed by atoms with Gasteiger partial charge in [-0.15, -0.1) is 0 Å². The van der Waals surface area contributed by atoms with Crippen molar-refractivity contribution < 1.29 is 0 Å². The molecule has 1 N–H and O–H groups in total. The number of hydrogen-bond acceptors (Lipinski definition) is 3. The molecule has 1 aromatic carbocycles. The van der Waals surface area contributed by atoms with Crippen LogP contribution in [0.15, 0.2) is 24.3 Å². The zero-order valence-electron chi connectivity index (χ0n) is 7.73. The van der Waals surface area contributed by atoms with Crippen molar-refractivity contribution in [1.29, 1.82) is 5.26 Å². The van der Waals surface area contributed by atoms with E-state index in [0.717, 1.165) is 6.54 Å². The number of nitriles is 1. The third-order valence-electron chi connectivity index (χ3n) is 2.48. The molecule has 1 aliphatic rings. The fraction of sp³-hybridized carbons (Fsp3) is 0.300. The van der Waals surface area contributed by atoms with E-state index in [-0.39, 0.29) is 4.65 Å². The largest absolute Gasteiger partial charge is 0.626 e. The molecule has 1 fully saturated rings. The average molecular weight is 189 g/mol. The molecule has 0 saturated carbocycles. The zero-order chi connectivity index (χ0) is 10.0. The molecule has 0 aromatic heterocycles. The molecule has 0 aliphatic carbocycles. The normalized spacial score (nSPS) is 26.0. The standard InChI is InChI=1S/C10H11N3O/c11-7-9-1-3-10(4-2-9)13(14)6-5-12-8-13/h1-4,12H,5-6,8H2. The Hall–Kier alpha value is -1.41. The highest BCUT2D eigenvalue weighted by atomic mass is 16.6. The second-order valence-electron chi connectivity index (χ2n) is 3.43. The summed E-state index contributed by atoms with van der Waals surface area (Å²) in [6.07, 6.45) is 0. The summed E-state index contributed by atoms with van der Waals surface area (Å²) in [6, 6.07) is 8.87. The lowest BCUT2D eigenvalue weighted by atomic mass is 10.2. The van der Waals surface area contributed by atoms with Gasteiger partial charge in [-0.25, -0.2) is 0 Å². The minimum absolute atomic E-state index is 0.328. The van der Waals surface area contributed by atoms with Crippen LogP contribution in [0.5, 0.6) is 0 Å². The Morgan fingerprint density at radius 1 is 1.36 bits per heavy atom. The maximum atomic E-state index is 12.1. The van der Waals surface area contributed by atoms with Crippen LogP contribution < -0.4 is 9.96 Å². The van der Waals surface area contributed by atoms with E-state index in [1.165, 1.54) is 0 Å². The molecule has 1 heterocycles. The molecule has 1 aliphatic heterocycles. The summed E-state index contributed by atoms with van der Waals surface area (Å²) >= 11 is 0. The highest BCUT2D eigenvalue weighted by Gasteiger charge is 2.24. The zero-order valence-corrected chi connectivity index (χ0v) is 7.73. The van der Waals surface area contributed by atoms with Crippen molar-refractivity contribution in [3.8, 4) is 6.07 Å². The molecule has 4 nitrogen and oxygen atoms in total. The van der Waals surface area contributed by atoms with Crippen LogP contribution in [0.2, 0.25) is 0 Å². The van der Waals surface area contributed by atoms with E-state index in [4.69, 9.17) is 5.26 Å². The average Bonchev–Trinajstić information content (AvgIpc) is 2.67. The van der Waals surface area contributed by atoms with Crippen molar-refractivity contribution in [3.05, 3.63) is 35.0 Å². The molecule has 0 bridgehead atoms.